The summed E-state index contributed by atoms with van der Waals surface area (Å²) in [5.41, 5.74) is 1.85. The van der Waals surface area contributed by atoms with Gasteiger partial charge in [-0.15, -0.1) is 12.4 Å². The molecule has 0 aliphatic heterocycles. The van der Waals surface area contributed by atoms with E-state index in [0.29, 0.717) is 12.1 Å². The minimum atomic E-state index is -1.57. The van der Waals surface area contributed by atoms with Crippen LogP contribution in [0, 0.1) is 24.4 Å². The van der Waals surface area contributed by atoms with Crippen LogP contribution in [0.3, 0.4) is 0 Å². The molecule has 0 bridgehead atoms. The monoisotopic (exact) mass is 428 g/mol. The summed E-state index contributed by atoms with van der Waals surface area (Å²) in [6.07, 6.45) is 4.89. The van der Waals surface area contributed by atoms with Crippen molar-refractivity contribution in [1.82, 2.24) is 10.3 Å². The second-order valence-electron chi connectivity index (χ2n) is 7.05. The first-order valence-electron chi connectivity index (χ1n) is 9.23. The Balaban J connectivity index is 0.00000300. The van der Waals surface area contributed by atoms with Crippen LogP contribution in [-0.2, 0) is 0 Å². The van der Waals surface area contributed by atoms with Crippen molar-refractivity contribution < 1.29 is 18.0 Å². The van der Waals surface area contributed by atoms with Gasteiger partial charge in [0.15, 0.2) is 17.5 Å². The number of hydrogen-bond donors (Lipinski definition) is 3. The van der Waals surface area contributed by atoms with Gasteiger partial charge in [-0.05, 0) is 50.3 Å². The van der Waals surface area contributed by atoms with E-state index in [0.717, 1.165) is 42.8 Å². The van der Waals surface area contributed by atoms with Gasteiger partial charge in [0, 0.05) is 42.6 Å². The van der Waals surface area contributed by atoms with Crippen LogP contribution in [0.5, 0.6) is 0 Å². The minimum Gasteiger partial charge on any atom is -0.388 e. The zero-order valence-corrected chi connectivity index (χ0v) is 17.0. The molecule has 1 fully saturated rings. The number of benzene rings is 1. The van der Waals surface area contributed by atoms with Gasteiger partial charge in [-0.1, -0.05) is 0 Å². The molecule has 1 aromatic carbocycles. The molecule has 1 aliphatic rings. The lowest BCUT2D eigenvalue weighted by atomic mass is 9.91. The molecule has 3 rings (SSSR count). The van der Waals surface area contributed by atoms with Gasteiger partial charge in [-0.25, -0.2) is 18.2 Å². The van der Waals surface area contributed by atoms with E-state index < -0.39 is 23.4 Å². The number of nitrogens with zero attached hydrogens (tertiary/aromatic N) is 1. The van der Waals surface area contributed by atoms with Crippen LogP contribution in [-0.4, -0.2) is 30.0 Å². The van der Waals surface area contributed by atoms with Crippen molar-refractivity contribution >= 4 is 29.8 Å². The van der Waals surface area contributed by atoms with Gasteiger partial charge < -0.3 is 16.0 Å². The maximum Gasteiger partial charge on any atom is 0.251 e. The van der Waals surface area contributed by atoms with E-state index in [9.17, 15) is 18.0 Å². The standard InChI is InChI=1S/C20H23F3N4O.ClH/c1-11-10-25-18(9-17(11)24-2)26-13-3-5-14(6-4-13)27-20(28)12-7-15(21)19(23)16(22)8-12;/h7-10,13-14H,3-6H2,1-2H3,(H,27,28)(H2,24,25,26);1H. The van der Waals surface area contributed by atoms with Crippen molar-refractivity contribution in [1.29, 1.82) is 0 Å². The Morgan fingerprint density at radius 2 is 1.62 bits per heavy atom. The summed E-state index contributed by atoms with van der Waals surface area (Å²) in [4.78, 5) is 16.6. The number of halogens is 4. The number of carbonyl (C=O) groups excluding carboxylic acids is 1. The molecule has 1 saturated carbocycles. The third kappa shape index (κ3) is 5.53. The van der Waals surface area contributed by atoms with Gasteiger partial charge in [0.1, 0.15) is 5.82 Å². The molecule has 29 heavy (non-hydrogen) atoms. The van der Waals surface area contributed by atoms with Crippen LogP contribution in [0.25, 0.3) is 0 Å². The van der Waals surface area contributed by atoms with Crippen molar-refractivity contribution in [2.24, 2.45) is 0 Å². The van der Waals surface area contributed by atoms with Gasteiger partial charge in [0.2, 0.25) is 0 Å². The Morgan fingerprint density at radius 1 is 1.03 bits per heavy atom. The average Bonchev–Trinajstić information content (AvgIpc) is 2.68. The quantitative estimate of drug-likeness (QED) is 0.617. The third-order valence-corrected chi connectivity index (χ3v) is 5.03. The van der Waals surface area contributed by atoms with Crippen LogP contribution in [0.15, 0.2) is 24.4 Å². The molecule has 3 N–H and O–H groups in total. The van der Waals surface area contributed by atoms with E-state index >= 15 is 0 Å². The van der Waals surface area contributed by atoms with E-state index in [1.165, 1.54) is 0 Å². The number of anilines is 2. The largest absolute Gasteiger partial charge is 0.388 e. The predicted octanol–water partition coefficient (Wildman–Crippen LogP) is 4.42. The number of hydrogen-bond acceptors (Lipinski definition) is 4. The Hall–Kier alpha value is -2.48. The van der Waals surface area contributed by atoms with Crippen LogP contribution in [0.4, 0.5) is 24.7 Å². The molecule has 1 aliphatic carbocycles. The number of rotatable bonds is 5. The summed E-state index contributed by atoms with van der Waals surface area (Å²) in [5, 5.41) is 9.30. The normalized spacial score (nSPS) is 18.5. The molecular weight excluding hydrogens is 405 g/mol. The Kier molecular flexibility index (Phi) is 7.73. The minimum absolute atomic E-state index is 0. The summed E-state index contributed by atoms with van der Waals surface area (Å²) in [7, 11) is 1.86. The summed E-state index contributed by atoms with van der Waals surface area (Å²) >= 11 is 0. The van der Waals surface area contributed by atoms with Crippen molar-refractivity contribution in [3.8, 4) is 0 Å². The Morgan fingerprint density at radius 3 is 2.21 bits per heavy atom. The maximum atomic E-state index is 13.3. The molecule has 1 heterocycles. The number of pyridine rings is 1. The van der Waals surface area contributed by atoms with Crippen molar-refractivity contribution in [2.45, 2.75) is 44.7 Å². The molecule has 1 aromatic heterocycles. The van der Waals surface area contributed by atoms with Crippen LogP contribution >= 0.6 is 12.4 Å². The fraction of sp³-hybridized carbons (Fsp3) is 0.400. The van der Waals surface area contributed by atoms with E-state index in [2.05, 4.69) is 20.9 Å². The fourth-order valence-electron chi connectivity index (χ4n) is 3.42. The maximum absolute atomic E-state index is 13.3. The first kappa shape index (κ1) is 22.8. The van der Waals surface area contributed by atoms with Gasteiger partial charge in [0.05, 0.1) is 0 Å². The average molecular weight is 429 g/mol. The third-order valence-electron chi connectivity index (χ3n) is 5.03. The summed E-state index contributed by atoms with van der Waals surface area (Å²) in [5.74, 6) is -4.13. The van der Waals surface area contributed by atoms with Crippen LogP contribution in [0.2, 0.25) is 0 Å². The second-order valence-corrected chi connectivity index (χ2v) is 7.05. The van der Waals surface area contributed by atoms with Gasteiger partial charge in [-0.3, -0.25) is 4.79 Å². The number of aromatic nitrogens is 1. The molecule has 0 saturated heterocycles. The van der Waals surface area contributed by atoms with Gasteiger partial charge in [0.25, 0.3) is 5.91 Å². The molecular formula is C20H24ClF3N4O. The zero-order chi connectivity index (χ0) is 20.3. The second kappa shape index (κ2) is 9.82. The fourth-order valence-corrected chi connectivity index (χ4v) is 3.42. The molecule has 0 unspecified atom stereocenters. The predicted molar refractivity (Wildman–Crippen MR) is 109 cm³/mol. The summed E-state index contributed by atoms with van der Waals surface area (Å²) in [6, 6.07) is 3.52. The molecule has 0 atom stereocenters. The lowest BCUT2D eigenvalue weighted by molar-refractivity contribution is 0.0925. The van der Waals surface area contributed by atoms with Gasteiger partial charge in [-0.2, -0.15) is 0 Å². The molecule has 158 valence electrons. The van der Waals surface area contributed by atoms with Crippen molar-refractivity contribution in [3.05, 3.63) is 53.0 Å². The highest BCUT2D eigenvalue weighted by molar-refractivity contribution is 5.94. The van der Waals surface area contributed by atoms with E-state index in [-0.39, 0.29) is 30.1 Å². The Bertz CT molecular complexity index is 850. The smallest absolute Gasteiger partial charge is 0.251 e. The first-order chi connectivity index (χ1) is 13.4. The highest BCUT2D eigenvalue weighted by Gasteiger charge is 2.24. The van der Waals surface area contributed by atoms with Crippen LogP contribution < -0.4 is 16.0 Å². The van der Waals surface area contributed by atoms with Crippen LogP contribution in [0.1, 0.15) is 41.6 Å². The lowest BCUT2D eigenvalue weighted by Crippen LogP contribution is -2.40. The SMILES string of the molecule is CNc1cc(NC2CCC(NC(=O)c3cc(F)c(F)c(F)c3)CC2)ncc1C.Cl. The summed E-state index contributed by atoms with van der Waals surface area (Å²) < 4.78 is 39.6. The highest BCUT2D eigenvalue weighted by atomic mass is 35.5. The number of amides is 1. The topological polar surface area (TPSA) is 66.0 Å². The number of nitrogens with one attached hydrogen (secondary N) is 3. The van der Waals surface area contributed by atoms with Gasteiger partial charge >= 0.3 is 0 Å². The number of carbonyl (C=O) groups is 1. The van der Waals surface area contributed by atoms with E-state index in [1.807, 2.05) is 20.0 Å². The zero-order valence-electron chi connectivity index (χ0n) is 16.2. The lowest BCUT2D eigenvalue weighted by Gasteiger charge is -2.30. The van der Waals surface area contributed by atoms with Crippen molar-refractivity contribution in [2.75, 3.05) is 17.7 Å². The first-order valence-corrected chi connectivity index (χ1v) is 9.23. The highest BCUT2D eigenvalue weighted by Crippen LogP contribution is 2.24. The molecule has 9 heteroatoms. The molecule has 2 aromatic rings. The molecule has 0 radical (unpaired) electrons. The molecule has 5 nitrogen and oxygen atoms in total. The van der Waals surface area contributed by atoms with E-state index in [4.69, 9.17) is 0 Å². The van der Waals surface area contributed by atoms with Crippen molar-refractivity contribution in [3.63, 3.8) is 0 Å². The van der Waals surface area contributed by atoms with E-state index in [1.54, 1.807) is 6.20 Å². The summed E-state index contributed by atoms with van der Waals surface area (Å²) in [6.45, 7) is 1.98. The molecule has 0 spiro atoms. The Labute approximate surface area is 173 Å². The molecule has 1 amide bonds. The number of aryl methyl sites for hydroxylation is 1.